The molecule has 0 aromatic heterocycles. The van der Waals surface area contributed by atoms with E-state index in [9.17, 15) is 0 Å². The summed E-state index contributed by atoms with van der Waals surface area (Å²) in [5.41, 5.74) is 7.20. The molecular formula is C16H26N2O3. The van der Waals surface area contributed by atoms with Crippen LogP contribution in [0.15, 0.2) is 24.3 Å². The molecule has 0 spiro atoms. The molecule has 1 fully saturated rings. The lowest BCUT2D eigenvalue weighted by atomic mass is 10.1. The fourth-order valence-electron chi connectivity index (χ4n) is 2.52. The van der Waals surface area contributed by atoms with Gasteiger partial charge >= 0.3 is 0 Å². The van der Waals surface area contributed by atoms with Crippen molar-refractivity contribution in [1.82, 2.24) is 0 Å². The summed E-state index contributed by atoms with van der Waals surface area (Å²) in [5.74, 6) is 0.905. The third-order valence-electron chi connectivity index (χ3n) is 3.58. The second-order valence-electron chi connectivity index (χ2n) is 5.27. The van der Waals surface area contributed by atoms with Crippen molar-refractivity contribution in [3.63, 3.8) is 0 Å². The minimum atomic E-state index is 0.254. The number of piperidine rings is 1. The monoisotopic (exact) mass is 294 g/mol. The van der Waals surface area contributed by atoms with E-state index >= 15 is 0 Å². The maximum atomic E-state index is 6.07. The predicted molar refractivity (Wildman–Crippen MR) is 84.1 cm³/mol. The molecule has 1 aromatic carbocycles. The Labute approximate surface area is 127 Å². The van der Waals surface area contributed by atoms with Crippen molar-refractivity contribution in [2.45, 2.75) is 18.9 Å². The number of hydrogen-bond acceptors (Lipinski definition) is 5. The van der Waals surface area contributed by atoms with Crippen LogP contribution in [0.1, 0.15) is 12.8 Å². The normalized spacial score (nSPS) is 18.8. The first-order valence-electron chi connectivity index (χ1n) is 7.60. The molecule has 0 bridgehead atoms. The summed E-state index contributed by atoms with van der Waals surface area (Å²) in [6, 6.07) is 8.39. The number of rotatable bonds is 8. The topological polar surface area (TPSA) is 57.0 Å². The molecule has 2 N–H and O–H groups in total. The number of nitrogens with zero attached hydrogens (tertiary/aromatic N) is 1. The van der Waals surface area contributed by atoms with Crippen molar-refractivity contribution in [3.8, 4) is 5.75 Å². The van der Waals surface area contributed by atoms with E-state index in [1.807, 2.05) is 18.2 Å². The molecule has 0 aliphatic carbocycles. The largest absolute Gasteiger partial charge is 0.489 e. The third kappa shape index (κ3) is 5.19. The standard InChI is InChI=1S/C16H26N2O3/c1-19-9-10-20-11-12-21-16-7-3-2-6-15(16)18-8-4-5-14(17)13-18/h2-3,6-7,14H,4-5,8-13,17H2,1H3. The number of methoxy groups -OCH3 is 1. The van der Waals surface area contributed by atoms with Gasteiger partial charge in [-0.1, -0.05) is 12.1 Å². The first kappa shape index (κ1) is 16.1. The van der Waals surface area contributed by atoms with E-state index in [-0.39, 0.29) is 6.04 Å². The Kier molecular flexibility index (Phi) is 6.79. The zero-order valence-corrected chi connectivity index (χ0v) is 12.8. The minimum absolute atomic E-state index is 0.254. The van der Waals surface area contributed by atoms with Gasteiger partial charge in [-0.25, -0.2) is 0 Å². The van der Waals surface area contributed by atoms with Crippen LogP contribution >= 0.6 is 0 Å². The molecule has 21 heavy (non-hydrogen) atoms. The fourth-order valence-corrected chi connectivity index (χ4v) is 2.52. The van der Waals surface area contributed by atoms with Gasteiger partial charge in [0, 0.05) is 26.2 Å². The van der Waals surface area contributed by atoms with E-state index in [4.69, 9.17) is 19.9 Å². The fraction of sp³-hybridized carbons (Fsp3) is 0.625. The molecule has 0 saturated carbocycles. The van der Waals surface area contributed by atoms with Gasteiger partial charge in [0.1, 0.15) is 12.4 Å². The molecule has 5 heteroatoms. The van der Waals surface area contributed by atoms with Gasteiger partial charge in [-0.3, -0.25) is 0 Å². The van der Waals surface area contributed by atoms with Gasteiger partial charge in [0.15, 0.2) is 0 Å². The van der Waals surface area contributed by atoms with Crippen LogP contribution in [0.2, 0.25) is 0 Å². The van der Waals surface area contributed by atoms with Crippen LogP contribution in [0.25, 0.3) is 0 Å². The second kappa shape index (κ2) is 8.87. The summed E-state index contributed by atoms with van der Waals surface area (Å²) < 4.78 is 16.2. The molecule has 118 valence electrons. The Hall–Kier alpha value is -1.30. The first-order chi connectivity index (χ1) is 10.3. The number of nitrogens with two attached hydrogens (primary N) is 1. The zero-order chi connectivity index (χ0) is 14.9. The molecule has 1 atom stereocenters. The average molecular weight is 294 g/mol. The van der Waals surface area contributed by atoms with Crippen LogP contribution in [-0.4, -0.2) is 52.7 Å². The van der Waals surface area contributed by atoms with E-state index < -0.39 is 0 Å². The molecular weight excluding hydrogens is 268 g/mol. The molecule has 1 aromatic rings. The number of anilines is 1. The molecule has 1 aliphatic rings. The molecule has 0 amide bonds. The molecule has 1 unspecified atom stereocenters. The lowest BCUT2D eigenvalue weighted by molar-refractivity contribution is 0.0545. The van der Waals surface area contributed by atoms with Gasteiger partial charge in [-0.05, 0) is 25.0 Å². The molecule has 0 radical (unpaired) electrons. The zero-order valence-electron chi connectivity index (χ0n) is 12.8. The Bertz CT molecular complexity index is 414. The summed E-state index contributed by atoms with van der Waals surface area (Å²) >= 11 is 0. The first-order valence-corrected chi connectivity index (χ1v) is 7.60. The summed E-state index contributed by atoms with van der Waals surface area (Å²) in [4.78, 5) is 2.31. The van der Waals surface area contributed by atoms with E-state index in [0.717, 1.165) is 37.4 Å². The predicted octanol–water partition coefficient (Wildman–Crippen LogP) is 1.66. The number of hydrogen-bond donors (Lipinski definition) is 1. The lowest BCUT2D eigenvalue weighted by Crippen LogP contribution is -2.43. The van der Waals surface area contributed by atoms with Gasteiger partial charge in [0.25, 0.3) is 0 Å². The Morgan fingerprint density at radius 2 is 2.00 bits per heavy atom. The SMILES string of the molecule is COCCOCCOc1ccccc1N1CCCC(N)C1. The molecule has 5 nitrogen and oxygen atoms in total. The highest BCUT2D eigenvalue weighted by Crippen LogP contribution is 2.29. The maximum absolute atomic E-state index is 6.07. The van der Waals surface area contributed by atoms with Crippen LogP contribution in [0, 0.1) is 0 Å². The van der Waals surface area contributed by atoms with Gasteiger partial charge in [-0.2, -0.15) is 0 Å². The number of ether oxygens (including phenoxy) is 3. The maximum Gasteiger partial charge on any atom is 0.142 e. The van der Waals surface area contributed by atoms with E-state index in [0.29, 0.717) is 26.4 Å². The lowest BCUT2D eigenvalue weighted by Gasteiger charge is -2.33. The average Bonchev–Trinajstić information content (AvgIpc) is 2.51. The molecule has 2 rings (SSSR count). The third-order valence-corrected chi connectivity index (χ3v) is 3.58. The summed E-state index contributed by atoms with van der Waals surface area (Å²) in [5, 5.41) is 0. The van der Waals surface area contributed by atoms with E-state index in [2.05, 4.69) is 11.0 Å². The number of para-hydroxylation sites is 2. The highest BCUT2D eigenvalue weighted by Gasteiger charge is 2.19. The smallest absolute Gasteiger partial charge is 0.142 e. The molecule has 1 aliphatic heterocycles. The summed E-state index contributed by atoms with van der Waals surface area (Å²) in [7, 11) is 1.67. The van der Waals surface area contributed by atoms with Crippen molar-refractivity contribution < 1.29 is 14.2 Å². The highest BCUT2D eigenvalue weighted by atomic mass is 16.5. The Morgan fingerprint density at radius 3 is 2.81 bits per heavy atom. The quantitative estimate of drug-likeness (QED) is 0.739. The Balaban J connectivity index is 1.85. The van der Waals surface area contributed by atoms with Gasteiger partial charge in [0.05, 0.1) is 25.5 Å². The number of benzene rings is 1. The van der Waals surface area contributed by atoms with Crippen molar-refractivity contribution in [2.75, 3.05) is 51.5 Å². The summed E-state index contributed by atoms with van der Waals surface area (Å²) in [6.45, 7) is 4.26. The van der Waals surface area contributed by atoms with E-state index in [1.165, 1.54) is 0 Å². The van der Waals surface area contributed by atoms with Crippen LogP contribution < -0.4 is 15.4 Å². The van der Waals surface area contributed by atoms with Crippen LogP contribution in [0.3, 0.4) is 0 Å². The Morgan fingerprint density at radius 1 is 1.19 bits per heavy atom. The highest BCUT2D eigenvalue weighted by molar-refractivity contribution is 5.58. The van der Waals surface area contributed by atoms with Crippen molar-refractivity contribution in [1.29, 1.82) is 0 Å². The summed E-state index contributed by atoms with van der Waals surface area (Å²) in [6.07, 6.45) is 2.24. The molecule has 1 saturated heterocycles. The van der Waals surface area contributed by atoms with Crippen molar-refractivity contribution in [2.24, 2.45) is 5.73 Å². The van der Waals surface area contributed by atoms with Crippen LogP contribution in [-0.2, 0) is 9.47 Å². The van der Waals surface area contributed by atoms with Gasteiger partial charge in [0.2, 0.25) is 0 Å². The second-order valence-corrected chi connectivity index (χ2v) is 5.27. The molecule has 1 heterocycles. The minimum Gasteiger partial charge on any atom is -0.489 e. The van der Waals surface area contributed by atoms with Crippen LogP contribution in [0.4, 0.5) is 5.69 Å². The van der Waals surface area contributed by atoms with Gasteiger partial charge in [-0.15, -0.1) is 0 Å². The van der Waals surface area contributed by atoms with Crippen molar-refractivity contribution in [3.05, 3.63) is 24.3 Å². The van der Waals surface area contributed by atoms with E-state index in [1.54, 1.807) is 7.11 Å². The van der Waals surface area contributed by atoms with Gasteiger partial charge < -0.3 is 24.8 Å². The van der Waals surface area contributed by atoms with Crippen LogP contribution in [0.5, 0.6) is 5.75 Å². The van der Waals surface area contributed by atoms with Crippen molar-refractivity contribution >= 4 is 5.69 Å².